The maximum absolute atomic E-state index is 15.4. The first-order chi connectivity index (χ1) is 19.5. The third-order valence-corrected chi connectivity index (χ3v) is 7.68. The fraction of sp³-hybridized carbons (Fsp3) is 0.379. The molecule has 0 aliphatic carbocycles. The molecule has 1 atom stereocenters. The molecule has 0 saturated carbocycles. The molecule has 2 aromatic carbocycles. The number of carbonyl (C=O) groups is 3. The van der Waals surface area contributed by atoms with E-state index in [1.807, 2.05) is 0 Å². The summed E-state index contributed by atoms with van der Waals surface area (Å²) < 4.78 is 41.1. The molecule has 10 nitrogen and oxygen atoms in total. The molecule has 3 aromatic rings. The van der Waals surface area contributed by atoms with Crippen LogP contribution in [-0.4, -0.2) is 59.4 Å². The lowest BCUT2D eigenvalue weighted by atomic mass is 9.82. The van der Waals surface area contributed by atoms with Crippen molar-refractivity contribution < 1.29 is 32.4 Å². The van der Waals surface area contributed by atoms with Crippen LogP contribution in [0.3, 0.4) is 0 Å². The first-order valence-electron chi connectivity index (χ1n) is 13.3. The van der Waals surface area contributed by atoms with Crippen LogP contribution in [0.4, 0.5) is 14.5 Å². The van der Waals surface area contributed by atoms with E-state index in [2.05, 4.69) is 10.5 Å². The van der Waals surface area contributed by atoms with Crippen LogP contribution in [0.25, 0.3) is 0 Å². The Morgan fingerprint density at radius 1 is 1.05 bits per heavy atom. The maximum atomic E-state index is 15.4. The fourth-order valence-corrected chi connectivity index (χ4v) is 5.64. The molecule has 1 unspecified atom stereocenters. The molecule has 3 amide bonds. The van der Waals surface area contributed by atoms with Gasteiger partial charge in [-0.1, -0.05) is 6.07 Å². The lowest BCUT2D eigenvalue weighted by Gasteiger charge is -2.36. The van der Waals surface area contributed by atoms with Crippen LogP contribution in [-0.2, 0) is 21.4 Å². The Bertz CT molecular complexity index is 1550. The standard InChI is InChI=1S/C29H30F2N4O6/c1-29(2,28(39)34-9-4-5-10-34)24-20(30)13-17(14-21(24)31)32-26(37)25-19-7-6-18(40-3)12-16(19)8-11-35(25)27(38)22-15-23(36)33-41-22/h6-7,12-15,25H,4-5,8-11H2,1-3H3,(H,32,37)(H,33,36). The Hall–Kier alpha value is -4.48. The van der Waals surface area contributed by atoms with Gasteiger partial charge in [0.05, 0.1) is 18.6 Å². The molecule has 41 heavy (non-hydrogen) atoms. The first-order valence-corrected chi connectivity index (χ1v) is 13.3. The third-order valence-electron chi connectivity index (χ3n) is 7.68. The maximum Gasteiger partial charge on any atom is 0.293 e. The number of hydrogen-bond donors (Lipinski definition) is 2. The van der Waals surface area contributed by atoms with E-state index in [1.165, 1.54) is 25.9 Å². The molecule has 0 bridgehead atoms. The molecule has 1 fully saturated rings. The van der Waals surface area contributed by atoms with E-state index in [-0.39, 0.29) is 29.5 Å². The van der Waals surface area contributed by atoms with Gasteiger partial charge in [0.1, 0.15) is 23.4 Å². The SMILES string of the molecule is COc1ccc2c(c1)CCN(C(=O)c1cc(=O)[nH]o1)C2C(=O)Nc1cc(F)c(C(C)(C)C(=O)N2CCCC2)c(F)c1. The third kappa shape index (κ3) is 5.21. The van der Waals surface area contributed by atoms with E-state index >= 15 is 8.78 Å². The largest absolute Gasteiger partial charge is 0.497 e. The van der Waals surface area contributed by atoms with Crippen molar-refractivity contribution in [2.45, 2.75) is 44.6 Å². The summed E-state index contributed by atoms with van der Waals surface area (Å²) in [5.41, 5.74) is -1.42. The highest BCUT2D eigenvalue weighted by Crippen LogP contribution is 2.36. The van der Waals surface area contributed by atoms with E-state index in [0.29, 0.717) is 30.8 Å². The predicted molar refractivity (Wildman–Crippen MR) is 144 cm³/mol. The van der Waals surface area contributed by atoms with E-state index in [4.69, 9.17) is 9.26 Å². The van der Waals surface area contributed by atoms with Gasteiger partial charge in [-0.25, -0.2) is 8.78 Å². The lowest BCUT2D eigenvalue weighted by Crippen LogP contribution is -2.45. The van der Waals surface area contributed by atoms with Gasteiger partial charge in [0.15, 0.2) is 0 Å². The van der Waals surface area contributed by atoms with Gasteiger partial charge in [-0.3, -0.25) is 19.2 Å². The smallest absolute Gasteiger partial charge is 0.293 e. The Balaban J connectivity index is 1.46. The number of hydrogen-bond acceptors (Lipinski definition) is 6. The average Bonchev–Trinajstić information content (AvgIpc) is 3.63. The molecule has 12 heteroatoms. The van der Waals surface area contributed by atoms with Gasteiger partial charge in [-0.05, 0) is 68.5 Å². The van der Waals surface area contributed by atoms with Gasteiger partial charge in [0.25, 0.3) is 17.4 Å². The fourth-order valence-electron chi connectivity index (χ4n) is 5.64. The van der Waals surface area contributed by atoms with Crippen molar-refractivity contribution in [1.82, 2.24) is 15.0 Å². The molecule has 3 heterocycles. The van der Waals surface area contributed by atoms with Crippen LogP contribution in [0.2, 0.25) is 0 Å². The molecule has 0 radical (unpaired) electrons. The summed E-state index contributed by atoms with van der Waals surface area (Å²) in [5, 5.41) is 4.58. The second-order valence-corrected chi connectivity index (χ2v) is 10.7. The van der Waals surface area contributed by atoms with Crippen molar-refractivity contribution in [2.24, 2.45) is 0 Å². The Morgan fingerprint density at radius 2 is 1.73 bits per heavy atom. The number of halogens is 2. The summed E-state index contributed by atoms with van der Waals surface area (Å²) in [5.74, 6) is -3.49. The summed E-state index contributed by atoms with van der Waals surface area (Å²) in [6, 6.07) is 6.72. The van der Waals surface area contributed by atoms with Crippen molar-refractivity contribution in [3.05, 3.63) is 80.8 Å². The van der Waals surface area contributed by atoms with Crippen molar-refractivity contribution in [1.29, 1.82) is 0 Å². The van der Waals surface area contributed by atoms with Crippen molar-refractivity contribution in [3.8, 4) is 5.75 Å². The minimum atomic E-state index is -1.47. The van der Waals surface area contributed by atoms with Crippen LogP contribution in [0, 0.1) is 11.6 Å². The second-order valence-electron chi connectivity index (χ2n) is 10.7. The number of carbonyl (C=O) groups excluding carboxylic acids is 3. The normalized spacial score (nSPS) is 16.9. The summed E-state index contributed by atoms with van der Waals surface area (Å²) in [6.45, 7) is 4.12. The minimum Gasteiger partial charge on any atom is -0.497 e. The number of methoxy groups -OCH3 is 1. The van der Waals surface area contributed by atoms with Gasteiger partial charge in [0.2, 0.25) is 11.7 Å². The monoisotopic (exact) mass is 568 g/mol. The number of aromatic nitrogens is 1. The number of aromatic amines is 1. The number of ether oxygens (including phenoxy) is 1. The molecule has 1 saturated heterocycles. The Morgan fingerprint density at radius 3 is 2.34 bits per heavy atom. The van der Waals surface area contributed by atoms with Crippen LogP contribution < -0.4 is 15.6 Å². The molecular weight excluding hydrogens is 538 g/mol. The highest BCUT2D eigenvalue weighted by atomic mass is 19.1. The molecule has 2 aliphatic heterocycles. The van der Waals surface area contributed by atoms with E-state index in [9.17, 15) is 19.2 Å². The Kier molecular flexibility index (Phi) is 7.41. The second kappa shape index (κ2) is 10.8. The molecule has 2 N–H and O–H groups in total. The quantitative estimate of drug-likeness (QED) is 0.469. The number of H-pyrrole nitrogens is 1. The van der Waals surface area contributed by atoms with Gasteiger partial charge in [-0.15, -0.1) is 0 Å². The summed E-state index contributed by atoms with van der Waals surface area (Å²) in [7, 11) is 1.51. The number of benzene rings is 2. The van der Waals surface area contributed by atoms with Gasteiger partial charge in [0, 0.05) is 30.9 Å². The van der Waals surface area contributed by atoms with Crippen molar-refractivity contribution in [3.63, 3.8) is 0 Å². The zero-order valence-corrected chi connectivity index (χ0v) is 22.9. The van der Waals surface area contributed by atoms with Crippen LogP contribution in [0.1, 0.15) is 60.0 Å². The Labute approximate surface area is 234 Å². The molecule has 2 aliphatic rings. The first kappa shape index (κ1) is 28.1. The van der Waals surface area contributed by atoms with Gasteiger partial charge < -0.3 is 24.4 Å². The van der Waals surface area contributed by atoms with E-state index < -0.39 is 40.5 Å². The molecular formula is C29H30F2N4O6. The highest BCUT2D eigenvalue weighted by molar-refractivity contribution is 6.01. The lowest BCUT2D eigenvalue weighted by molar-refractivity contribution is -0.135. The van der Waals surface area contributed by atoms with Gasteiger partial charge in [-0.2, -0.15) is 5.16 Å². The summed E-state index contributed by atoms with van der Waals surface area (Å²) in [4.78, 5) is 54.4. The number of nitrogens with zero attached hydrogens (tertiary/aromatic N) is 2. The minimum absolute atomic E-state index is 0.0977. The van der Waals surface area contributed by atoms with E-state index in [0.717, 1.165) is 36.6 Å². The van der Waals surface area contributed by atoms with Crippen LogP contribution in [0.15, 0.2) is 45.7 Å². The summed E-state index contributed by atoms with van der Waals surface area (Å²) >= 11 is 0. The number of anilines is 1. The average molecular weight is 569 g/mol. The van der Waals surface area contributed by atoms with E-state index in [1.54, 1.807) is 23.1 Å². The molecule has 216 valence electrons. The van der Waals surface area contributed by atoms with Crippen molar-refractivity contribution >= 4 is 23.4 Å². The molecule has 0 spiro atoms. The number of rotatable bonds is 6. The number of likely N-dealkylation sites (tertiary alicyclic amines) is 1. The number of amides is 3. The van der Waals surface area contributed by atoms with Crippen LogP contribution >= 0.6 is 0 Å². The summed E-state index contributed by atoms with van der Waals surface area (Å²) in [6.07, 6.45) is 2.06. The topological polar surface area (TPSA) is 125 Å². The number of fused-ring (bicyclic) bond motifs is 1. The predicted octanol–water partition coefficient (Wildman–Crippen LogP) is 3.53. The molecule has 1 aromatic heterocycles. The van der Waals surface area contributed by atoms with Gasteiger partial charge >= 0.3 is 0 Å². The zero-order chi connectivity index (χ0) is 29.5. The highest BCUT2D eigenvalue weighted by Gasteiger charge is 2.41. The number of nitrogens with one attached hydrogen (secondary N) is 2. The zero-order valence-electron chi connectivity index (χ0n) is 22.9. The van der Waals surface area contributed by atoms with Crippen LogP contribution in [0.5, 0.6) is 5.75 Å². The molecule has 5 rings (SSSR count). The van der Waals surface area contributed by atoms with Crippen molar-refractivity contribution in [2.75, 3.05) is 32.1 Å².